The van der Waals surface area contributed by atoms with Crippen LogP contribution >= 0.6 is 15.9 Å². The van der Waals surface area contributed by atoms with Gasteiger partial charge < -0.3 is 5.32 Å². The molecule has 2 rings (SSSR count). The van der Waals surface area contributed by atoms with Crippen LogP contribution in [-0.4, -0.2) is 6.54 Å². The molecule has 0 unspecified atom stereocenters. The van der Waals surface area contributed by atoms with Crippen LogP contribution in [0.4, 0.5) is 5.69 Å². The summed E-state index contributed by atoms with van der Waals surface area (Å²) in [6.45, 7) is 2.91. The Morgan fingerprint density at radius 1 is 1.11 bits per heavy atom. The van der Waals surface area contributed by atoms with E-state index in [0.717, 1.165) is 16.7 Å². The lowest BCUT2D eigenvalue weighted by Crippen LogP contribution is -1.97. The van der Waals surface area contributed by atoms with Crippen LogP contribution in [0.25, 0.3) is 6.08 Å². The third-order valence-electron chi connectivity index (χ3n) is 2.71. The van der Waals surface area contributed by atoms with Crippen LogP contribution in [0.2, 0.25) is 0 Å². The highest BCUT2D eigenvalue weighted by molar-refractivity contribution is 9.10. The summed E-state index contributed by atoms with van der Waals surface area (Å²) >= 11 is 3.53. The van der Waals surface area contributed by atoms with Crippen LogP contribution in [0.3, 0.4) is 0 Å². The first-order valence-corrected chi connectivity index (χ1v) is 6.76. The number of hydrogen-bond acceptors (Lipinski definition) is 1. The molecule has 1 nitrogen and oxygen atoms in total. The van der Waals surface area contributed by atoms with Crippen LogP contribution < -0.4 is 5.32 Å². The fourth-order valence-corrected chi connectivity index (χ4v) is 2.02. The van der Waals surface area contributed by atoms with E-state index >= 15 is 0 Å². The molecule has 0 aliphatic carbocycles. The maximum atomic E-state index is 3.53. The highest BCUT2D eigenvalue weighted by atomic mass is 79.9. The number of nitrogens with one attached hydrogen (secondary N) is 1. The number of hydrogen-bond donors (Lipinski definition) is 1. The van der Waals surface area contributed by atoms with Crippen LogP contribution in [0.15, 0.2) is 59.1 Å². The molecule has 0 atom stereocenters. The summed E-state index contributed by atoms with van der Waals surface area (Å²) in [5.41, 5.74) is 3.61. The molecule has 18 heavy (non-hydrogen) atoms. The summed E-state index contributed by atoms with van der Waals surface area (Å²) in [6.07, 6.45) is 4.25. The predicted octanol–water partition coefficient (Wildman–Crippen LogP) is 4.88. The Morgan fingerprint density at radius 3 is 2.61 bits per heavy atom. The minimum absolute atomic E-state index is 0.824. The molecule has 0 saturated heterocycles. The summed E-state index contributed by atoms with van der Waals surface area (Å²) in [5, 5.41) is 3.37. The molecule has 0 fully saturated rings. The second kappa shape index (κ2) is 6.41. The number of benzene rings is 2. The number of aryl methyl sites for hydroxylation is 1. The Bertz CT molecular complexity index is 532. The molecule has 0 heterocycles. The minimum atomic E-state index is 0.824. The Kier molecular flexibility index (Phi) is 4.59. The van der Waals surface area contributed by atoms with Gasteiger partial charge in [0.15, 0.2) is 0 Å². The molecule has 2 aromatic rings. The molecular weight excluding hydrogens is 286 g/mol. The zero-order valence-electron chi connectivity index (χ0n) is 10.4. The third kappa shape index (κ3) is 3.74. The van der Waals surface area contributed by atoms with Crippen molar-refractivity contribution in [1.29, 1.82) is 0 Å². The van der Waals surface area contributed by atoms with Gasteiger partial charge in [0.05, 0.1) is 0 Å². The average Bonchev–Trinajstić information content (AvgIpc) is 2.40. The second-order valence-corrected chi connectivity index (χ2v) is 5.01. The van der Waals surface area contributed by atoms with E-state index in [9.17, 15) is 0 Å². The first-order chi connectivity index (χ1) is 8.75. The SMILES string of the molecule is Cc1ccc(NCC=Cc2ccccc2)cc1Br. The molecule has 1 N–H and O–H groups in total. The topological polar surface area (TPSA) is 12.0 Å². The molecule has 92 valence electrons. The molecule has 0 aliphatic rings. The van der Waals surface area contributed by atoms with E-state index in [1.54, 1.807) is 0 Å². The highest BCUT2D eigenvalue weighted by Gasteiger charge is 1.95. The summed E-state index contributed by atoms with van der Waals surface area (Å²) in [4.78, 5) is 0. The van der Waals surface area contributed by atoms with Crippen LogP contribution in [0, 0.1) is 6.92 Å². The van der Waals surface area contributed by atoms with Gasteiger partial charge in [0.1, 0.15) is 0 Å². The maximum Gasteiger partial charge on any atom is 0.0354 e. The number of halogens is 1. The molecule has 0 aromatic heterocycles. The highest BCUT2D eigenvalue weighted by Crippen LogP contribution is 2.20. The van der Waals surface area contributed by atoms with Crippen molar-refractivity contribution in [3.8, 4) is 0 Å². The third-order valence-corrected chi connectivity index (χ3v) is 3.56. The summed E-state index contributed by atoms with van der Waals surface area (Å²) in [6, 6.07) is 16.6. The second-order valence-electron chi connectivity index (χ2n) is 4.16. The molecular formula is C16H16BrN. The van der Waals surface area contributed by atoms with E-state index < -0.39 is 0 Å². The molecule has 0 saturated carbocycles. The van der Waals surface area contributed by atoms with E-state index in [2.05, 4.69) is 70.7 Å². The molecule has 2 aromatic carbocycles. The van der Waals surface area contributed by atoms with Gasteiger partial charge in [-0.15, -0.1) is 0 Å². The van der Waals surface area contributed by atoms with E-state index in [4.69, 9.17) is 0 Å². The fourth-order valence-electron chi connectivity index (χ4n) is 1.64. The van der Waals surface area contributed by atoms with Gasteiger partial charge in [-0.3, -0.25) is 0 Å². The Morgan fingerprint density at radius 2 is 1.89 bits per heavy atom. The van der Waals surface area contributed by atoms with Gasteiger partial charge in [0.25, 0.3) is 0 Å². The normalized spacial score (nSPS) is 10.8. The predicted molar refractivity (Wildman–Crippen MR) is 82.8 cm³/mol. The quantitative estimate of drug-likeness (QED) is 0.848. The van der Waals surface area contributed by atoms with Crippen molar-refractivity contribution >= 4 is 27.7 Å². The van der Waals surface area contributed by atoms with E-state index in [1.807, 2.05) is 18.2 Å². The van der Waals surface area contributed by atoms with Gasteiger partial charge >= 0.3 is 0 Å². The van der Waals surface area contributed by atoms with Crippen molar-refractivity contribution in [3.63, 3.8) is 0 Å². The smallest absolute Gasteiger partial charge is 0.0354 e. The van der Waals surface area contributed by atoms with Gasteiger partial charge in [-0.2, -0.15) is 0 Å². The lowest BCUT2D eigenvalue weighted by molar-refractivity contribution is 1.32. The van der Waals surface area contributed by atoms with Gasteiger partial charge in [-0.25, -0.2) is 0 Å². The molecule has 0 aliphatic heterocycles. The molecule has 0 amide bonds. The van der Waals surface area contributed by atoms with Crippen molar-refractivity contribution < 1.29 is 0 Å². The van der Waals surface area contributed by atoms with Crippen LogP contribution in [0.5, 0.6) is 0 Å². The first kappa shape index (κ1) is 12.9. The average molecular weight is 302 g/mol. The Labute approximate surface area is 117 Å². The lowest BCUT2D eigenvalue weighted by Gasteiger charge is -2.05. The first-order valence-electron chi connectivity index (χ1n) is 5.97. The summed E-state index contributed by atoms with van der Waals surface area (Å²) < 4.78 is 1.14. The molecule has 0 spiro atoms. The lowest BCUT2D eigenvalue weighted by atomic mass is 10.2. The van der Waals surface area contributed by atoms with E-state index in [-0.39, 0.29) is 0 Å². The zero-order valence-corrected chi connectivity index (χ0v) is 11.9. The minimum Gasteiger partial charge on any atom is -0.382 e. The largest absolute Gasteiger partial charge is 0.382 e. The summed E-state index contributed by atoms with van der Waals surface area (Å²) in [5.74, 6) is 0. The van der Waals surface area contributed by atoms with Crippen molar-refractivity contribution in [2.75, 3.05) is 11.9 Å². The van der Waals surface area contributed by atoms with Crippen molar-refractivity contribution in [2.24, 2.45) is 0 Å². The summed E-state index contributed by atoms with van der Waals surface area (Å²) in [7, 11) is 0. The standard InChI is InChI=1S/C16H16BrN/c1-13-9-10-15(12-16(13)17)18-11-5-8-14-6-3-2-4-7-14/h2-10,12,18H,11H2,1H3. The number of anilines is 1. The Balaban J connectivity index is 1.89. The van der Waals surface area contributed by atoms with Crippen molar-refractivity contribution in [3.05, 3.63) is 70.2 Å². The Hall–Kier alpha value is -1.54. The zero-order chi connectivity index (χ0) is 12.8. The van der Waals surface area contributed by atoms with E-state index in [0.29, 0.717) is 0 Å². The van der Waals surface area contributed by atoms with Gasteiger partial charge in [0.2, 0.25) is 0 Å². The maximum absolute atomic E-state index is 3.53. The van der Waals surface area contributed by atoms with Gasteiger partial charge in [-0.05, 0) is 30.2 Å². The van der Waals surface area contributed by atoms with Crippen LogP contribution in [0.1, 0.15) is 11.1 Å². The molecule has 0 bridgehead atoms. The van der Waals surface area contributed by atoms with Crippen molar-refractivity contribution in [2.45, 2.75) is 6.92 Å². The van der Waals surface area contributed by atoms with Gasteiger partial charge in [0, 0.05) is 16.7 Å². The molecule has 0 radical (unpaired) electrons. The molecule has 2 heteroatoms. The fraction of sp³-hybridized carbons (Fsp3) is 0.125. The number of rotatable bonds is 4. The van der Waals surface area contributed by atoms with Gasteiger partial charge in [-0.1, -0.05) is 64.5 Å². The monoisotopic (exact) mass is 301 g/mol. The van der Waals surface area contributed by atoms with Crippen LogP contribution in [-0.2, 0) is 0 Å². The van der Waals surface area contributed by atoms with E-state index in [1.165, 1.54) is 11.1 Å². The van der Waals surface area contributed by atoms with Crippen molar-refractivity contribution in [1.82, 2.24) is 0 Å².